The Morgan fingerprint density at radius 1 is 1.40 bits per heavy atom. The minimum Gasteiger partial charge on any atom is -0.391 e. The Kier molecular flexibility index (Phi) is 3.13. The van der Waals surface area contributed by atoms with Crippen molar-refractivity contribution in [3.05, 3.63) is 29.3 Å². The van der Waals surface area contributed by atoms with Gasteiger partial charge >= 0.3 is 0 Å². The maximum absolute atomic E-state index is 12.2. The third kappa shape index (κ3) is 2.25. The standard InChI is InChI=1S/C17H17N5O2S/c18-16(24)14-15(9-1-2-13-11(5-9)19-7-25-13)21-22-6-8-3-10(12(23)4-8)20-17(14)22/h1-2,5,7-8,10,12,20,23H,3-4,6H2,(H2,18,24)/t8-,10+,12+/m1/s1. The molecule has 128 valence electrons. The normalized spacial score (nSPS) is 24.8. The molecule has 0 unspecified atom stereocenters. The summed E-state index contributed by atoms with van der Waals surface area (Å²) in [6.07, 6.45) is 1.23. The van der Waals surface area contributed by atoms with Gasteiger partial charge in [-0.05, 0) is 30.9 Å². The number of fused-ring (bicyclic) bond motifs is 4. The molecule has 7 nitrogen and oxygen atoms in total. The SMILES string of the molecule is NC(=O)c1c(-c2ccc3scnc3c2)nn2c1N[C@H]1C[C@H](C[C@@H]1O)C2. The van der Waals surface area contributed by atoms with Crippen molar-refractivity contribution in [1.82, 2.24) is 14.8 Å². The van der Waals surface area contributed by atoms with Gasteiger partial charge in [-0.25, -0.2) is 9.67 Å². The van der Waals surface area contributed by atoms with Gasteiger partial charge < -0.3 is 16.2 Å². The summed E-state index contributed by atoms with van der Waals surface area (Å²) in [5, 5.41) is 18.2. The first-order valence-electron chi connectivity index (χ1n) is 8.29. The van der Waals surface area contributed by atoms with Gasteiger partial charge in [-0.1, -0.05) is 6.07 Å². The first kappa shape index (κ1) is 14.9. The second-order valence-corrected chi connectivity index (χ2v) is 7.70. The molecule has 5 rings (SSSR count). The fourth-order valence-corrected chi connectivity index (χ4v) is 4.68. The van der Waals surface area contributed by atoms with Gasteiger partial charge in [0.2, 0.25) is 0 Å². The van der Waals surface area contributed by atoms with Crippen molar-refractivity contribution in [3.8, 4) is 11.3 Å². The highest BCUT2D eigenvalue weighted by Gasteiger charge is 2.39. The molecule has 1 saturated carbocycles. The largest absolute Gasteiger partial charge is 0.391 e. The maximum atomic E-state index is 12.2. The predicted molar refractivity (Wildman–Crippen MR) is 95.5 cm³/mol. The van der Waals surface area contributed by atoms with E-state index in [1.165, 1.54) is 0 Å². The highest BCUT2D eigenvalue weighted by molar-refractivity contribution is 7.16. The fourth-order valence-electron chi connectivity index (χ4n) is 4.02. The van der Waals surface area contributed by atoms with Crippen LogP contribution in [0.25, 0.3) is 21.5 Å². The molecule has 1 amide bonds. The summed E-state index contributed by atoms with van der Waals surface area (Å²) in [5.41, 5.74) is 10.1. The van der Waals surface area contributed by atoms with Gasteiger partial charge in [0.05, 0.1) is 27.9 Å². The molecule has 0 saturated heterocycles. The highest BCUT2D eigenvalue weighted by atomic mass is 32.1. The number of amides is 1. The lowest BCUT2D eigenvalue weighted by Crippen LogP contribution is -2.30. The Morgan fingerprint density at radius 3 is 3.12 bits per heavy atom. The summed E-state index contributed by atoms with van der Waals surface area (Å²) in [7, 11) is 0. The molecule has 1 fully saturated rings. The van der Waals surface area contributed by atoms with E-state index >= 15 is 0 Å². The number of rotatable bonds is 2. The molecule has 1 aliphatic carbocycles. The Labute approximate surface area is 147 Å². The smallest absolute Gasteiger partial charge is 0.254 e. The number of nitrogens with one attached hydrogen (secondary N) is 1. The van der Waals surface area contributed by atoms with Crippen LogP contribution in [0.1, 0.15) is 23.2 Å². The van der Waals surface area contributed by atoms with Crippen LogP contribution < -0.4 is 11.1 Å². The Balaban J connectivity index is 1.68. The summed E-state index contributed by atoms with van der Waals surface area (Å²) < 4.78 is 2.92. The van der Waals surface area contributed by atoms with Gasteiger partial charge in [0.15, 0.2) is 0 Å². The molecule has 8 heteroatoms. The van der Waals surface area contributed by atoms with Crippen molar-refractivity contribution < 1.29 is 9.90 Å². The van der Waals surface area contributed by atoms with Gasteiger partial charge in [0.1, 0.15) is 17.1 Å². The number of nitrogens with zero attached hydrogens (tertiary/aromatic N) is 3. The maximum Gasteiger partial charge on any atom is 0.254 e. The Hall–Kier alpha value is -2.45. The predicted octanol–water partition coefficient (Wildman–Crippen LogP) is 1.82. The second-order valence-electron chi connectivity index (χ2n) is 6.81. The van der Waals surface area contributed by atoms with Crippen LogP contribution in [-0.4, -0.2) is 37.9 Å². The molecule has 4 N–H and O–H groups in total. The average Bonchev–Trinajstić information content (AvgIpc) is 3.23. The molecule has 0 radical (unpaired) electrons. The number of anilines is 1. The number of primary amides is 1. The van der Waals surface area contributed by atoms with Crippen molar-refractivity contribution in [3.63, 3.8) is 0 Å². The van der Waals surface area contributed by atoms with E-state index in [1.54, 1.807) is 16.8 Å². The third-order valence-electron chi connectivity index (χ3n) is 5.18. The van der Waals surface area contributed by atoms with Gasteiger partial charge in [0, 0.05) is 12.1 Å². The molecule has 25 heavy (non-hydrogen) atoms. The topological polar surface area (TPSA) is 106 Å². The summed E-state index contributed by atoms with van der Waals surface area (Å²) in [4.78, 5) is 16.5. The van der Waals surface area contributed by atoms with E-state index < -0.39 is 12.0 Å². The number of aliphatic hydroxyl groups is 1. The molecule has 2 aromatic heterocycles. The van der Waals surface area contributed by atoms with Crippen LogP contribution in [0.15, 0.2) is 23.7 Å². The first-order chi connectivity index (χ1) is 12.1. The molecule has 3 atom stereocenters. The third-order valence-corrected chi connectivity index (χ3v) is 5.99. The molecular weight excluding hydrogens is 338 g/mol. The van der Waals surface area contributed by atoms with E-state index in [4.69, 9.17) is 5.73 Å². The summed E-state index contributed by atoms with van der Waals surface area (Å²) >= 11 is 1.57. The molecule has 1 aromatic carbocycles. The lowest BCUT2D eigenvalue weighted by molar-refractivity contribution is 0.100. The second kappa shape index (κ2) is 5.27. The van der Waals surface area contributed by atoms with Crippen LogP contribution in [0, 0.1) is 5.92 Å². The van der Waals surface area contributed by atoms with Crippen molar-refractivity contribution in [2.75, 3.05) is 5.32 Å². The number of hydrogen-bond donors (Lipinski definition) is 3. The zero-order chi connectivity index (χ0) is 17.1. The Morgan fingerprint density at radius 2 is 2.28 bits per heavy atom. The minimum absolute atomic E-state index is 0.0603. The number of benzene rings is 1. The minimum atomic E-state index is -0.519. The molecule has 3 heterocycles. The lowest BCUT2D eigenvalue weighted by Gasteiger charge is -2.19. The van der Waals surface area contributed by atoms with Gasteiger partial charge in [-0.15, -0.1) is 11.3 Å². The van der Waals surface area contributed by atoms with E-state index in [1.807, 2.05) is 22.9 Å². The zero-order valence-electron chi connectivity index (χ0n) is 13.3. The van der Waals surface area contributed by atoms with Crippen molar-refractivity contribution in [1.29, 1.82) is 0 Å². The quantitative estimate of drug-likeness (QED) is 0.650. The van der Waals surface area contributed by atoms with Crippen molar-refractivity contribution in [2.24, 2.45) is 11.7 Å². The summed E-state index contributed by atoms with van der Waals surface area (Å²) in [5.74, 6) is 0.449. The molecular formula is C17H17N5O2S. The van der Waals surface area contributed by atoms with E-state index in [0.29, 0.717) is 29.5 Å². The van der Waals surface area contributed by atoms with Crippen LogP contribution in [0.4, 0.5) is 5.82 Å². The number of thiazole rings is 1. The fraction of sp³-hybridized carbons (Fsp3) is 0.353. The summed E-state index contributed by atoms with van der Waals surface area (Å²) in [6, 6.07) is 5.80. The van der Waals surface area contributed by atoms with Crippen molar-refractivity contribution >= 4 is 33.3 Å². The number of nitrogens with two attached hydrogens (primary N) is 1. The van der Waals surface area contributed by atoms with E-state index in [-0.39, 0.29) is 6.04 Å². The molecule has 1 aliphatic heterocycles. The molecule has 2 aliphatic rings. The number of aromatic nitrogens is 3. The Bertz CT molecular complexity index is 994. The zero-order valence-corrected chi connectivity index (χ0v) is 14.2. The van der Waals surface area contributed by atoms with E-state index in [9.17, 15) is 9.90 Å². The molecule has 2 bridgehead atoms. The number of hydrogen-bond acceptors (Lipinski definition) is 6. The number of carbonyl (C=O) groups excluding carboxylic acids is 1. The average molecular weight is 355 g/mol. The molecule has 3 aromatic rings. The first-order valence-corrected chi connectivity index (χ1v) is 9.17. The highest BCUT2D eigenvalue weighted by Crippen LogP contribution is 2.38. The van der Waals surface area contributed by atoms with Gasteiger partial charge in [-0.2, -0.15) is 5.10 Å². The molecule has 0 spiro atoms. The van der Waals surface area contributed by atoms with Crippen LogP contribution in [-0.2, 0) is 6.54 Å². The lowest BCUT2D eigenvalue weighted by atomic mass is 10.1. The monoisotopic (exact) mass is 355 g/mol. The van der Waals surface area contributed by atoms with Gasteiger partial charge in [-0.3, -0.25) is 4.79 Å². The van der Waals surface area contributed by atoms with Crippen molar-refractivity contribution in [2.45, 2.75) is 31.5 Å². The van der Waals surface area contributed by atoms with E-state index in [2.05, 4.69) is 15.4 Å². The number of aliphatic hydroxyl groups excluding tert-OH is 1. The van der Waals surface area contributed by atoms with Crippen LogP contribution in [0.5, 0.6) is 0 Å². The van der Waals surface area contributed by atoms with Crippen LogP contribution in [0.3, 0.4) is 0 Å². The van der Waals surface area contributed by atoms with Crippen LogP contribution in [0.2, 0.25) is 0 Å². The van der Waals surface area contributed by atoms with Gasteiger partial charge in [0.25, 0.3) is 5.91 Å². The summed E-state index contributed by atoms with van der Waals surface area (Å²) in [6.45, 7) is 0.676. The van der Waals surface area contributed by atoms with Crippen LogP contribution >= 0.6 is 11.3 Å². The number of carbonyl (C=O) groups is 1. The van der Waals surface area contributed by atoms with E-state index in [0.717, 1.165) is 28.6 Å².